The van der Waals surface area contributed by atoms with Crippen LogP contribution < -0.4 is 11.1 Å². The van der Waals surface area contributed by atoms with Crippen molar-refractivity contribution in [2.45, 2.75) is 19.3 Å². The molecule has 2 heterocycles. The van der Waals surface area contributed by atoms with E-state index < -0.39 is 0 Å². The van der Waals surface area contributed by atoms with E-state index in [0.29, 0.717) is 18.7 Å². The van der Waals surface area contributed by atoms with Crippen molar-refractivity contribution >= 4 is 17.5 Å². The molecule has 3 N–H and O–H groups in total. The topological polar surface area (TPSA) is 88.3 Å². The molecule has 0 saturated carbocycles. The lowest BCUT2D eigenvalue weighted by molar-refractivity contribution is -0.129. The highest BCUT2D eigenvalue weighted by molar-refractivity contribution is 5.97. The number of nitrogens with two attached hydrogens (primary N) is 1. The fourth-order valence-electron chi connectivity index (χ4n) is 2.10. The second-order valence-electron chi connectivity index (χ2n) is 4.54. The number of hydrogen-bond acceptors (Lipinski definition) is 4. The van der Waals surface area contributed by atoms with E-state index in [1.165, 1.54) is 6.20 Å². The van der Waals surface area contributed by atoms with E-state index in [4.69, 9.17) is 5.73 Å². The number of carbonyl (C=O) groups is 2. The number of nitrogen functional groups attached to an aromatic ring is 1. The van der Waals surface area contributed by atoms with Crippen LogP contribution in [0.4, 0.5) is 5.69 Å². The highest BCUT2D eigenvalue weighted by atomic mass is 16.2. The summed E-state index contributed by atoms with van der Waals surface area (Å²) in [5, 5.41) is 2.67. The maximum atomic E-state index is 11.8. The molecule has 2 amide bonds. The molecule has 2 rings (SSSR count). The van der Waals surface area contributed by atoms with Gasteiger partial charge in [0.15, 0.2) is 5.69 Å². The van der Waals surface area contributed by atoms with Crippen LogP contribution in [0, 0.1) is 0 Å². The van der Waals surface area contributed by atoms with Gasteiger partial charge in [-0.15, -0.1) is 0 Å². The third kappa shape index (κ3) is 3.43. The number of anilines is 1. The van der Waals surface area contributed by atoms with Crippen LogP contribution in [0.1, 0.15) is 29.8 Å². The molecule has 6 nitrogen and oxygen atoms in total. The summed E-state index contributed by atoms with van der Waals surface area (Å²) in [4.78, 5) is 29.3. The first kappa shape index (κ1) is 13.3. The largest absolute Gasteiger partial charge is 0.397 e. The molecule has 0 aromatic carbocycles. The number of hydrogen-bond donors (Lipinski definition) is 2. The highest BCUT2D eigenvalue weighted by Crippen LogP contribution is 2.09. The van der Waals surface area contributed by atoms with Crippen LogP contribution in [0.5, 0.6) is 0 Å². The fourth-order valence-corrected chi connectivity index (χ4v) is 2.10. The summed E-state index contributed by atoms with van der Waals surface area (Å²) in [5.74, 6) is -0.251. The van der Waals surface area contributed by atoms with Crippen LogP contribution in [-0.4, -0.2) is 41.3 Å². The van der Waals surface area contributed by atoms with Gasteiger partial charge >= 0.3 is 0 Å². The first-order chi connectivity index (χ1) is 9.18. The maximum absolute atomic E-state index is 11.8. The molecule has 1 saturated heterocycles. The summed E-state index contributed by atoms with van der Waals surface area (Å²) in [7, 11) is 0. The molecule has 0 atom stereocenters. The van der Waals surface area contributed by atoms with E-state index in [1.54, 1.807) is 12.1 Å². The molecule has 0 bridgehead atoms. The summed E-state index contributed by atoms with van der Waals surface area (Å²) in [6.45, 7) is 1.98. The smallest absolute Gasteiger partial charge is 0.272 e. The molecular formula is C13H18N4O2. The lowest BCUT2D eigenvalue weighted by atomic mass is 10.3. The van der Waals surface area contributed by atoms with E-state index >= 15 is 0 Å². The number of nitrogens with one attached hydrogen (secondary N) is 1. The number of pyridine rings is 1. The summed E-state index contributed by atoms with van der Waals surface area (Å²) < 4.78 is 0. The lowest BCUT2D eigenvalue weighted by Gasteiger charge is -2.15. The Morgan fingerprint density at radius 2 is 2.11 bits per heavy atom. The van der Waals surface area contributed by atoms with Gasteiger partial charge in [0.25, 0.3) is 5.91 Å². The van der Waals surface area contributed by atoms with Gasteiger partial charge in [0.1, 0.15) is 0 Å². The van der Waals surface area contributed by atoms with Crippen LogP contribution >= 0.6 is 0 Å². The molecule has 1 aliphatic heterocycles. The van der Waals surface area contributed by atoms with Crippen LogP contribution in [0.15, 0.2) is 18.3 Å². The third-order valence-corrected chi connectivity index (χ3v) is 3.14. The molecule has 0 radical (unpaired) electrons. The van der Waals surface area contributed by atoms with E-state index in [1.807, 2.05) is 4.90 Å². The minimum atomic E-state index is -0.340. The summed E-state index contributed by atoms with van der Waals surface area (Å²) >= 11 is 0. The van der Waals surface area contributed by atoms with Crippen molar-refractivity contribution in [3.05, 3.63) is 24.0 Å². The van der Waals surface area contributed by atoms with Crippen molar-refractivity contribution in [3.8, 4) is 0 Å². The van der Waals surface area contributed by atoms with Gasteiger partial charge in [-0.2, -0.15) is 0 Å². The fraction of sp³-hybridized carbons (Fsp3) is 0.462. The van der Waals surface area contributed by atoms with Crippen molar-refractivity contribution < 1.29 is 9.59 Å². The molecular weight excluding hydrogens is 244 g/mol. The number of rotatable bonds is 4. The summed E-state index contributed by atoms with van der Waals surface area (Å²) in [6.07, 6.45) is 3.98. The number of likely N-dealkylation sites (tertiary alicyclic amines) is 1. The van der Waals surface area contributed by atoms with Crippen LogP contribution in [0.25, 0.3) is 0 Å². The Morgan fingerprint density at radius 1 is 1.37 bits per heavy atom. The standard InChI is InChI=1S/C13H18N4O2/c14-10-4-3-6-15-12(10)13(19)16-7-5-11(18)17-8-1-2-9-17/h3-4,6H,1-2,5,7-9,14H2,(H,16,19). The van der Waals surface area contributed by atoms with Gasteiger partial charge in [0, 0.05) is 32.3 Å². The molecule has 1 aliphatic rings. The molecule has 1 aromatic rings. The van der Waals surface area contributed by atoms with Gasteiger partial charge in [-0.05, 0) is 25.0 Å². The van der Waals surface area contributed by atoms with Crippen molar-refractivity contribution in [1.29, 1.82) is 0 Å². The van der Waals surface area contributed by atoms with Gasteiger partial charge in [-0.25, -0.2) is 4.98 Å². The Labute approximate surface area is 112 Å². The van der Waals surface area contributed by atoms with Crippen LogP contribution in [-0.2, 0) is 4.79 Å². The average Bonchev–Trinajstić information content (AvgIpc) is 2.93. The number of carbonyl (C=O) groups excluding carboxylic acids is 2. The number of nitrogens with zero attached hydrogens (tertiary/aromatic N) is 2. The molecule has 1 aromatic heterocycles. The molecule has 1 fully saturated rings. The summed E-state index contributed by atoms with van der Waals surface area (Å²) in [6, 6.07) is 3.29. The minimum Gasteiger partial charge on any atom is -0.397 e. The first-order valence-electron chi connectivity index (χ1n) is 6.45. The molecule has 0 spiro atoms. The Balaban J connectivity index is 1.78. The van der Waals surface area contributed by atoms with E-state index in [2.05, 4.69) is 10.3 Å². The van der Waals surface area contributed by atoms with Crippen molar-refractivity contribution in [3.63, 3.8) is 0 Å². The van der Waals surface area contributed by atoms with Crippen LogP contribution in [0.2, 0.25) is 0 Å². The van der Waals surface area contributed by atoms with Gasteiger partial charge < -0.3 is 16.0 Å². The van der Waals surface area contributed by atoms with Gasteiger partial charge in [-0.3, -0.25) is 9.59 Å². The zero-order valence-electron chi connectivity index (χ0n) is 10.8. The normalized spacial score (nSPS) is 14.4. The maximum Gasteiger partial charge on any atom is 0.272 e. The molecule has 0 aliphatic carbocycles. The Morgan fingerprint density at radius 3 is 2.79 bits per heavy atom. The lowest BCUT2D eigenvalue weighted by Crippen LogP contribution is -2.33. The Hall–Kier alpha value is -2.11. The SMILES string of the molecule is Nc1cccnc1C(=O)NCCC(=O)N1CCCC1. The zero-order chi connectivity index (χ0) is 13.7. The predicted molar refractivity (Wildman–Crippen MR) is 71.4 cm³/mol. The van der Waals surface area contributed by atoms with E-state index in [9.17, 15) is 9.59 Å². The number of amides is 2. The zero-order valence-corrected chi connectivity index (χ0v) is 10.8. The van der Waals surface area contributed by atoms with Crippen molar-refractivity contribution in [2.24, 2.45) is 0 Å². The van der Waals surface area contributed by atoms with E-state index in [0.717, 1.165) is 25.9 Å². The van der Waals surface area contributed by atoms with Crippen LogP contribution in [0.3, 0.4) is 0 Å². The Kier molecular flexibility index (Phi) is 4.33. The monoisotopic (exact) mass is 262 g/mol. The van der Waals surface area contributed by atoms with Crippen molar-refractivity contribution in [1.82, 2.24) is 15.2 Å². The molecule has 0 unspecified atom stereocenters. The highest BCUT2D eigenvalue weighted by Gasteiger charge is 2.18. The van der Waals surface area contributed by atoms with E-state index in [-0.39, 0.29) is 17.5 Å². The van der Waals surface area contributed by atoms with Gasteiger partial charge in [0.05, 0.1) is 5.69 Å². The minimum absolute atomic E-state index is 0.0896. The first-order valence-corrected chi connectivity index (χ1v) is 6.45. The second kappa shape index (κ2) is 6.17. The molecule has 19 heavy (non-hydrogen) atoms. The molecule has 102 valence electrons. The molecule has 6 heteroatoms. The second-order valence-corrected chi connectivity index (χ2v) is 4.54. The Bertz CT molecular complexity index is 469. The van der Waals surface area contributed by atoms with Gasteiger partial charge in [-0.1, -0.05) is 0 Å². The number of aromatic nitrogens is 1. The van der Waals surface area contributed by atoms with Crippen molar-refractivity contribution in [2.75, 3.05) is 25.4 Å². The predicted octanol–water partition coefficient (Wildman–Crippen LogP) is 0.406. The summed E-state index contributed by atoms with van der Waals surface area (Å²) in [5.41, 5.74) is 6.20. The van der Waals surface area contributed by atoms with Gasteiger partial charge in [0.2, 0.25) is 5.91 Å². The quantitative estimate of drug-likeness (QED) is 0.822. The third-order valence-electron chi connectivity index (χ3n) is 3.14. The average molecular weight is 262 g/mol.